The highest BCUT2D eigenvalue weighted by Gasteiger charge is 2.02. The van der Waals surface area contributed by atoms with Crippen molar-refractivity contribution >= 4 is 11.8 Å². The monoisotopic (exact) mass is 220 g/mol. The molecule has 1 aromatic carbocycles. The van der Waals surface area contributed by atoms with Crippen LogP contribution in [0.25, 0.3) is 0 Å². The molecule has 0 aliphatic heterocycles. The van der Waals surface area contributed by atoms with Gasteiger partial charge in [0.15, 0.2) is 5.78 Å². The number of carbonyl (C=O) groups is 2. The first kappa shape index (κ1) is 12.4. The molecule has 0 aliphatic carbocycles. The van der Waals surface area contributed by atoms with Crippen LogP contribution in [-0.2, 0) is 16.0 Å². The van der Waals surface area contributed by atoms with E-state index in [-0.39, 0.29) is 11.8 Å². The lowest BCUT2D eigenvalue weighted by Gasteiger charge is -2.02. The lowest BCUT2D eigenvalue weighted by Crippen LogP contribution is -2.00. The number of rotatable bonds is 5. The SMILES string of the molecule is COC(=O)CCCc1ccc(C(C)=O)cc1. The maximum absolute atomic E-state index is 11.0. The van der Waals surface area contributed by atoms with Crippen molar-refractivity contribution < 1.29 is 14.3 Å². The second-order valence-electron chi connectivity index (χ2n) is 3.68. The standard InChI is InChI=1S/C13H16O3/c1-10(14)12-8-6-11(7-9-12)4-3-5-13(15)16-2/h6-9H,3-5H2,1-2H3. The van der Waals surface area contributed by atoms with E-state index >= 15 is 0 Å². The number of ether oxygens (including phenoxy) is 1. The molecule has 0 spiro atoms. The van der Waals surface area contributed by atoms with Gasteiger partial charge in [0, 0.05) is 12.0 Å². The molecule has 0 unspecified atom stereocenters. The summed E-state index contributed by atoms with van der Waals surface area (Å²) in [5, 5.41) is 0. The molecular weight excluding hydrogens is 204 g/mol. The molecule has 0 heterocycles. The molecule has 0 radical (unpaired) electrons. The fraction of sp³-hybridized carbons (Fsp3) is 0.385. The van der Waals surface area contributed by atoms with Gasteiger partial charge < -0.3 is 4.74 Å². The van der Waals surface area contributed by atoms with Crippen molar-refractivity contribution in [3.05, 3.63) is 35.4 Å². The lowest BCUT2D eigenvalue weighted by molar-refractivity contribution is -0.140. The quantitative estimate of drug-likeness (QED) is 0.565. The Balaban J connectivity index is 2.43. The van der Waals surface area contributed by atoms with Gasteiger partial charge in [0.25, 0.3) is 0 Å². The van der Waals surface area contributed by atoms with E-state index in [9.17, 15) is 9.59 Å². The van der Waals surface area contributed by atoms with Crippen molar-refractivity contribution in [3.8, 4) is 0 Å². The summed E-state index contributed by atoms with van der Waals surface area (Å²) in [6, 6.07) is 7.48. The van der Waals surface area contributed by atoms with Gasteiger partial charge in [-0.15, -0.1) is 0 Å². The Kier molecular flexibility index (Phi) is 4.70. The summed E-state index contributed by atoms with van der Waals surface area (Å²) in [4.78, 5) is 21.9. The number of esters is 1. The predicted octanol–water partition coefficient (Wildman–Crippen LogP) is 2.38. The fourth-order valence-corrected chi connectivity index (χ4v) is 1.45. The van der Waals surface area contributed by atoms with E-state index in [1.165, 1.54) is 7.11 Å². The fourth-order valence-electron chi connectivity index (χ4n) is 1.45. The van der Waals surface area contributed by atoms with E-state index in [4.69, 9.17) is 0 Å². The smallest absolute Gasteiger partial charge is 0.305 e. The van der Waals surface area contributed by atoms with Gasteiger partial charge in [0.1, 0.15) is 0 Å². The number of hydrogen-bond donors (Lipinski definition) is 0. The molecule has 0 bridgehead atoms. The summed E-state index contributed by atoms with van der Waals surface area (Å²) in [5.41, 5.74) is 1.85. The lowest BCUT2D eigenvalue weighted by atomic mass is 10.0. The summed E-state index contributed by atoms with van der Waals surface area (Å²) in [6.07, 6.45) is 2.03. The van der Waals surface area contributed by atoms with Crippen LogP contribution in [-0.4, -0.2) is 18.9 Å². The minimum Gasteiger partial charge on any atom is -0.469 e. The van der Waals surface area contributed by atoms with Gasteiger partial charge in [-0.3, -0.25) is 9.59 Å². The zero-order chi connectivity index (χ0) is 12.0. The van der Waals surface area contributed by atoms with Gasteiger partial charge in [0.05, 0.1) is 7.11 Å². The number of carbonyl (C=O) groups excluding carboxylic acids is 2. The van der Waals surface area contributed by atoms with Crippen LogP contribution in [0.5, 0.6) is 0 Å². The van der Waals surface area contributed by atoms with Gasteiger partial charge in [-0.1, -0.05) is 24.3 Å². The second-order valence-corrected chi connectivity index (χ2v) is 3.68. The van der Waals surface area contributed by atoms with Crippen LogP contribution in [0.2, 0.25) is 0 Å². The summed E-state index contributed by atoms with van der Waals surface area (Å²) in [7, 11) is 1.39. The Hall–Kier alpha value is -1.64. The van der Waals surface area contributed by atoms with Crippen LogP contribution in [0.4, 0.5) is 0 Å². The van der Waals surface area contributed by atoms with E-state index in [1.807, 2.05) is 24.3 Å². The third-order valence-corrected chi connectivity index (χ3v) is 2.43. The van der Waals surface area contributed by atoms with Crippen LogP contribution < -0.4 is 0 Å². The zero-order valence-corrected chi connectivity index (χ0v) is 9.66. The Morgan fingerprint density at radius 3 is 2.31 bits per heavy atom. The highest BCUT2D eigenvalue weighted by molar-refractivity contribution is 5.93. The van der Waals surface area contributed by atoms with Gasteiger partial charge in [-0.25, -0.2) is 0 Å². The van der Waals surface area contributed by atoms with Crippen LogP contribution in [0, 0.1) is 0 Å². The van der Waals surface area contributed by atoms with Gasteiger partial charge in [-0.05, 0) is 25.3 Å². The highest BCUT2D eigenvalue weighted by atomic mass is 16.5. The largest absolute Gasteiger partial charge is 0.469 e. The number of hydrogen-bond acceptors (Lipinski definition) is 3. The first-order valence-corrected chi connectivity index (χ1v) is 5.30. The second kappa shape index (κ2) is 6.05. The number of aryl methyl sites for hydroxylation is 1. The van der Waals surface area contributed by atoms with Gasteiger partial charge >= 0.3 is 5.97 Å². The van der Waals surface area contributed by atoms with E-state index < -0.39 is 0 Å². The number of Topliss-reactive ketones (excluding diaryl/α,β-unsaturated/α-hetero) is 1. The van der Waals surface area contributed by atoms with Crippen molar-refractivity contribution in [2.45, 2.75) is 26.2 Å². The third-order valence-electron chi connectivity index (χ3n) is 2.43. The van der Waals surface area contributed by atoms with Crippen LogP contribution in [0.1, 0.15) is 35.7 Å². The first-order chi connectivity index (χ1) is 7.63. The molecule has 0 atom stereocenters. The van der Waals surface area contributed by atoms with Crippen molar-refractivity contribution in [2.75, 3.05) is 7.11 Å². The summed E-state index contributed by atoms with van der Waals surface area (Å²) < 4.78 is 4.56. The van der Waals surface area contributed by atoms with E-state index in [0.717, 1.165) is 24.0 Å². The normalized spacial score (nSPS) is 9.88. The topological polar surface area (TPSA) is 43.4 Å². The van der Waals surface area contributed by atoms with Crippen molar-refractivity contribution in [3.63, 3.8) is 0 Å². The number of methoxy groups -OCH3 is 1. The average Bonchev–Trinajstić information content (AvgIpc) is 2.29. The van der Waals surface area contributed by atoms with Crippen LogP contribution in [0.15, 0.2) is 24.3 Å². The molecule has 1 rings (SSSR count). The molecule has 0 saturated heterocycles. The molecule has 0 aromatic heterocycles. The van der Waals surface area contributed by atoms with E-state index in [0.29, 0.717) is 6.42 Å². The van der Waals surface area contributed by atoms with E-state index in [2.05, 4.69) is 4.74 Å². The predicted molar refractivity (Wildman–Crippen MR) is 61.4 cm³/mol. The Bertz CT molecular complexity index is 365. The Morgan fingerprint density at radius 1 is 1.19 bits per heavy atom. The summed E-state index contributed by atoms with van der Waals surface area (Å²) in [5.74, 6) is -0.110. The highest BCUT2D eigenvalue weighted by Crippen LogP contribution is 2.08. The zero-order valence-electron chi connectivity index (χ0n) is 9.66. The molecule has 0 saturated carbocycles. The maximum Gasteiger partial charge on any atom is 0.305 e. The third kappa shape index (κ3) is 3.85. The molecule has 0 aliphatic rings. The van der Waals surface area contributed by atoms with Gasteiger partial charge in [-0.2, -0.15) is 0 Å². The first-order valence-electron chi connectivity index (χ1n) is 5.30. The molecule has 0 fully saturated rings. The minimum absolute atomic E-state index is 0.0705. The molecule has 1 aromatic rings. The van der Waals surface area contributed by atoms with E-state index in [1.54, 1.807) is 6.92 Å². The summed E-state index contributed by atoms with van der Waals surface area (Å²) in [6.45, 7) is 1.55. The average molecular weight is 220 g/mol. The van der Waals surface area contributed by atoms with Crippen molar-refractivity contribution in [2.24, 2.45) is 0 Å². The summed E-state index contributed by atoms with van der Waals surface area (Å²) >= 11 is 0. The molecule has 86 valence electrons. The minimum atomic E-state index is -0.180. The molecular formula is C13H16O3. The Labute approximate surface area is 95.4 Å². The number of benzene rings is 1. The molecule has 16 heavy (non-hydrogen) atoms. The maximum atomic E-state index is 11.0. The Morgan fingerprint density at radius 2 is 1.81 bits per heavy atom. The van der Waals surface area contributed by atoms with Crippen molar-refractivity contribution in [1.29, 1.82) is 0 Å². The molecule has 3 heteroatoms. The number of ketones is 1. The van der Waals surface area contributed by atoms with Crippen LogP contribution >= 0.6 is 0 Å². The van der Waals surface area contributed by atoms with Crippen molar-refractivity contribution in [1.82, 2.24) is 0 Å². The molecule has 0 N–H and O–H groups in total. The van der Waals surface area contributed by atoms with Gasteiger partial charge in [0.2, 0.25) is 0 Å². The van der Waals surface area contributed by atoms with Crippen LogP contribution in [0.3, 0.4) is 0 Å². The molecule has 3 nitrogen and oxygen atoms in total. The molecule has 0 amide bonds.